The molecule has 2 aromatic rings. The molecule has 2 aromatic carbocycles. The van der Waals surface area contributed by atoms with Crippen LogP contribution in [0.3, 0.4) is 0 Å². The first kappa shape index (κ1) is 8.75. The Bertz CT molecular complexity index is 544. The van der Waals surface area contributed by atoms with Crippen LogP contribution >= 0.6 is 0 Å². The second kappa shape index (κ2) is 3.14. The highest BCUT2D eigenvalue weighted by Gasteiger charge is 2.02. The molecule has 70 valence electrons. The Kier molecular flexibility index (Phi) is 1.97. The molecule has 0 amide bonds. The summed E-state index contributed by atoms with van der Waals surface area (Å²) in [4.78, 5) is 11.3. The van der Waals surface area contributed by atoms with Crippen molar-refractivity contribution < 1.29 is 5.11 Å². The zero-order valence-corrected chi connectivity index (χ0v) is 7.82. The maximum atomic E-state index is 11.3. The van der Waals surface area contributed by atoms with E-state index in [4.69, 9.17) is 0 Å². The topological polar surface area (TPSA) is 37.3 Å². The van der Waals surface area contributed by atoms with Crippen LogP contribution in [-0.2, 0) is 0 Å². The van der Waals surface area contributed by atoms with Crippen LogP contribution < -0.4 is 5.43 Å². The molecular weight excluding hydrogens is 176 g/mol. The standard InChI is InChI=1S/C12H10O2/c1-8-6-7-11(13)12(14)10-5-3-2-4-9(8)10/h2-7H,1H3,(H,13,14). The number of hydrogen-bond donors (Lipinski definition) is 1. The van der Waals surface area contributed by atoms with E-state index in [-0.39, 0.29) is 11.2 Å². The van der Waals surface area contributed by atoms with Gasteiger partial charge in [0.2, 0.25) is 5.43 Å². The van der Waals surface area contributed by atoms with Crippen molar-refractivity contribution in [3.05, 3.63) is 52.2 Å². The summed E-state index contributed by atoms with van der Waals surface area (Å²) in [6, 6.07) is 10.5. The lowest BCUT2D eigenvalue weighted by Crippen LogP contribution is -1.92. The van der Waals surface area contributed by atoms with Crippen molar-refractivity contribution in [2.75, 3.05) is 0 Å². The Balaban J connectivity index is 3.11. The summed E-state index contributed by atoms with van der Waals surface area (Å²) < 4.78 is 0. The molecule has 14 heavy (non-hydrogen) atoms. The second-order valence-electron chi connectivity index (χ2n) is 3.27. The zero-order chi connectivity index (χ0) is 10.1. The van der Waals surface area contributed by atoms with Crippen molar-refractivity contribution in [3.63, 3.8) is 0 Å². The molecule has 0 radical (unpaired) electrons. The predicted octanol–water partition coefficient (Wildman–Crippen LogP) is 2.21. The van der Waals surface area contributed by atoms with Crippen molar-refractivity contribution in [3.8, 4) is 5.75 Å². The summed E-state index contributed by atoms with van der Waals surface area (Å²) in [6.07, 6.45) is 0. The molecule has 0 fully saturated rings. The minimum Gasteiger partial charge on any atom is -0.504 e. The second-order valence-corrected chi connectivity index (χ2v) is 3.27. The summed E-state index contributed by atoms with van der Waals surface area (Å²) in [7, 11) is 0. The van der Waals surface area contributed by atoms with E-state index in [1.54, 1.807) is 18.2 Å². The molecule has 0 atom stereocenters. The summed E-state index contributed by atoms with van der Waals surface area (Å²) in [5.41, 5.74) is 0.646. The van der Waals surface area contributed by atoms with Crippen LogP contribution in [0.2, 0.25) is 0 Å². The van der Waals surface area contributed by atoms with Crippen LogP contribution in [-0.4, -0.2) is 5.11 Å². The van der Waals surface area contributed by atoms with E-state index >= 15 is 0 Å². The van der Waals surface area contributed by atoms with Gasteiger partial charge < -0.3 is 5.11 Å². The number of aromatic hydroxyl groups is 1. The third-order valence-electron chi connectivity index (χ3n) is 2.33. The van der Waals surface area contributed by atoms with E-state index in [2.05, 4.69) is 0 Å². The largest absolute Gasteiger partial charge is 0.504 e. The third-order valence-corrected chi connectivity index (χ3v) is 2.33. The highest BCUT2D eigenvalue weighted by Crippen LogP contribution is 2.21. The van der Waals surface area contributed by atoms with Gasteiger partial charge in [-0.15, -0.1) is 0 Å². The molecular formula is C12H10O2. The van der Waals surface area contributed by atoms with Gasteiger partial charge in [0.05, 0.1) is 0 Å². The third kappa shape index (κ3) is 1.25. The van der Waals surface area contributed by atoms with Gasteiger partial charge in [-0.1, -0.05) is 30.3 Å². The molecule has 0 unspecified atom stereocenters. The molecule has 2 heteroatoms. The summed E-state index contributed by atoms with van der Waals surface area (Å²) in [5, 5.41) is 11.2. The molecule has 2 nitrogen and oxygen atoms in total. The minimum atomic E-state index is -0.339. The van der Waals surface area contributed by atoms with Crippen LogP contribution in [0.1, 0.15) is 5.56 Å². The molecule has 0 aromatic heterocycles. The monoisotopic (exact) mass is 186 g/mol. The maximum Gasteiger partial charge on any atom is 0.220 e. The van der Waals surface area contributed by atoms with Gasteiger partial charge in [-0.05, 0) is 23.9 Å². The first-order valence-corrected chi connectivity index (χ1v) is 4.42. The van der Waals surface area contributed by atoms with Gasteiger partial charge in [0, 0.05) is 5.39 Å². The van der Waals surface area contributed by atoms with E-state index in [1.807, 2.05) is 19.1 Å². The van der Waals surface area contributed by atoms with Gasteiger partial charge in [0.1, 0.15) is 0 Å². The van der Waals surface area contributed by atoms with E-state index in [1.165, 1.54) is 6.07 Å². The summed E-state index contributed by atoms with van der Waals surface area (Å²) in [6.45, 7) is 1.92. The number of fused-ring (bicyclic) bond motifs is 1. The Morgan fingerprint density at radius 3 is 2.36 bits per heavy atom. The first-order valence-electron chi connectivity index (χ1n) is 4.42. The van der Waals surface area contributed by atoms with Crippen LogP contribution in [0.15, 0.2) is 41.2 Å². The SMILES string of the molecule is Cc1ccc(=O)c(O)c2ccccc12. The Hall–Kier alpha value is -1.83. The molecule has 0 aliphatic rings. The van der Waals surface area contributed by atoms with Crippen molar-refractivity contribution in [1.29, 1.82) is 0 Å². The van der Waals surface area contributed by atoms with Crippen LogP contribution in [0.25, 0.3) is 10.8 Å². The van der Waals surface area contributed by atoms with Crippen molar-refractivity contribution >= 4 is 10.8 Å². The molecule has 0 saturated carbocycles. The highest BCUT2D eigenvalue weighted by atomic mass is 16.3. The van der Waals surface area contributed by atoms with Gasteiger partial charge in [-0.3, -0.25) is 4.79 Å². The van der Waals surface area contributed by atoms with Crippen molar-refractivity contribution in [1.82, 2.24) is 0 Å². The fourth-order valence-electron chi connectivity index (χ4n) is 1.54. The van der Waals surface area contributed by atoms with E-state index in [9.17, 15) is 9.90 Å². The minimum absolute atomic E-state index is 0.172. The molecule has 0 aliphatic heterocycles. The lowest BCUT2D eigenvalue weighted by molar-refractivity contribution is 0.477. The van der Waals surface area contributed by atoms with E-state index < -0.39 is 0 Å². The molecule has 0 saturated heterocycles. The van der Waals surface area contributed by atoms with Crippen molar-refractivity contribution in [2.24, 2.45) is 0 Å². The summed E-state index contributed by atoms with van der Waals surface area (Å²) in [5.74, 6) is -0.172. The van der Waals surface area contributed by atoms with Gasteiger partial charge >= 0.3 is 0 Å². The molecule has 0 heterocycles. The molecule has 0 spiro atoms. The lowest BCUT2D eigenvalue weighted by Gasteiger charge is -1.95. The maximum absolute atomic E-state index is 11.3. The van der Waals surface area contributed by atoms with Gasteiger partial charge in [0.15, 0.2) is 5.75 Å². The quantitative estimate of drug-likeness (QED) is 0.684. The van der Waals surface area contributed by atoms with Gasteiger partial charge in [0.25, 0.3) is 0 Å². The fourth-order valence-corrected chi connectivity index (χ4v) is 1.54. The number of aryl methyl sites for hydroxylation is 1. The Morgan fingerprint density at radius 2 is 1.64 bits per heavy atom. The number of rotatable bonds is 0. The number of hydrogen-bond acceptors (Lipinski definition) is 2. The Morgan fingerprint density at radius 1 is 1.00 bits per heavy atom. The van der Waals surface area contributed by atoms with Crippen molar-refractivity contribution in [2.45, 2.75) is 6.92 Å². The summed E-state index contributed by atoms with van der Waals surface area (Å²) >= 11 is 0. The van der Waals surface area contributed by atoms with Crippen LogP contribution in [0.5, 0.6) is 5.75 Å². The average Bonchev–Trinajstić information content (AvgIpc) is 2.33. The van der Waals surface area contributed by atoms with Gasteiger partial charge in [-0.25, -0.2) is 0 Å². The lowest BCUT2D eigenvalue weighted by atomic mass is 10.1. The molecule has 1 N–H and O–H groups in total. The smallest absolute Gasteiger partial charge is 0.220 e. The highest BCUT2D eigenvalue weighted by molar-refractivity contribution is 5.89. The van der Waals surface area contributed by atoms with Gasteiger partial charge in [-0.2, -0.15) is 0 Å². The molecule has 0 bridgehead atoms. The fraction of sp³-hybridized carbons (Fsp3) is 0.0833. The molecule has 0 aliphatic carbocycles. The number of benzene rings is 1. The van der Waals surface area contributed by atoms with E-state index in [0.717, 1.165) is 10.9 Å². The normalized spacial score (nSPS) is 10.4. The van der Waals surface area contributed by atoms with Crippen LogP contribution in [0, 0.1) is 6.92 Å². The first-order chi connectivity index (χ1) is 6.70. The Labute approximate surface area is 81.4 Å². The predicted molar refractivity (Wildman–Crippen MR) is 56.6 cm³/mol. The average molecular weight is 186 g/mol. The molecule has 2 rings (SSSR count). The van der Waals surface area contributed by atoms with E-state index in [0.29, 0.717) is 5.39 Å². The zero-order valence-electron chi connectivity index (χ0n) is 7.82. The van der Waals surface area contributed by atoms with Crippen LogP contribution in [0.4, 0.5) is 0 Å².